The zero-order chi connectivity index (χ0) is 14.6. The Morgan fingerprint density at radius 1 is 1.16 bits per heavy atom. The zero-order valence-electron chi connectivity index (χ0n) is 12.1. The molecule has 0 fully saturated rings. The molecule has 19 heavy (non-hydrogen) atoms. The van der Waals surface area contributed by atoms with Crippen molar-refractivity contribution >= 4 is 11.8 Å². The van der Waals surface area contributed by atoms with Gasteiger partial charge in [0.25, 0.3) is 0 Å². The Labute approximate surface area is 114 Å². The molecule has 1 rings (SSSR count). The number of carbonyl (C=O) groups excluding carboxylic acids is 1. The third kappa shape index (κ3) is 4.51. The molecule has 0 unspecified atom stereocenters. The molecule has 0 atom stereocenters. The van der Waals surface area contributed by atoms with Gasteiger partial charge in [-0.25, -0.2) is 0 Å². The van der Waals surface area contributed by atoms with Gasteiger partial charge in [0.05, 0.1) is 6.42 Å². The first-order valence-electron chi connectivity index (χ1n) is 6.58. The minimum Gasteiger partial charge on any atom is -0.481 e. The van der Waals surface area contributed by atoms with Crippen molar-refractivity contribution in [2.45, 2.75) is 40.5 Å². The van der Waals surface area contributed by atoms with Crippen LogP contribution in [0.3, 0.4) is 0 Å². The molecule has 0 aliphatic carbocycles. The highest BCUT2D eigenvalue weighted by molar-refractivity contribution is 6.01. The van der Waals surface area contributed by atoms with Crippen LogP contribution in [0.2, 0.25) is 0 Å². The van der Waals surface area contributed by atoms with Crippen LogP contribution in [0, 0.1) is 11.3 Å². The number of Topliss-reactive ketones (excluding diaryl/α,β-unsaturated/α-hetero) is 1. The summed E-state index contributed by atoms with van der Waals surface area (Å²) >= 11 is 0. The largest absolute Gasteiger partial charge is 0.481 e. The second kappa shape index (κ2) is 6.00. The quantitative estimate of drug-likeness (QED) is 0.797. The average Bonchev–Trinajstić information content (AvgIpc) is 2.26. The van der Waals surface area contributed by atoms with Crippen LogP contribution < -0.4 is 0 Å². The van der Waals surface area contributed by atoms with Crippen LogP contribution in [0.5, 0.6) is 0 Å². The molecule has 0 radical (unpaired) electrons. The summed E-state index contributed by atoms with van der Waals surface area (Å²) in [4.78, 5) is 23.0. The predicted octanol–water partition coefficient (Wildman–Crippen LogP) is 3.57. The highest BCUT2D eigenvalue weighted by Gasteiger charge is 2.31. The molecular formula is C16H22O3. The summed E-state index contributed by atoms with van der Waals surface area (Å²) in [6, 6.07) is 7.49. The number of ketones is 1. The van der Waals surface area contributed by atoms with E-state index in [0.717, 1.165) is 6.42 Å². The van der Waals surface area contributed by atoms with E-state index in [0.29, 0.717) is 11.5 Å². The number of aliphatic carboxylic acids is 1. The molecule has 0 heterocycles. The molecule has 3 nitrogen and oxygen atoms in total. The van der Waals surface area contributed by atoms with E-state index in [1.807, 2.05) is 12.1 Å². The number of carbonyl (C=O) groups is 2. The predicted molar refractivity (Wildman–Crippen MR) is 75.3 cm³/mol. The van der Waals surface area contributed by atoms with E-state index in [2.05, 4.69) is 13.8 Å². The molecular weight excluding hydrogens is 240 g/mol. The minimum absolute atomic E-state index is 0.119. The highest BCUT2D eigenvalue weighted by atomic mass is 16.4. The second-order valence-corrected chi connectivity index (χ2v) is 6.08. The lowest BCUT2D eigenvalue weighted by atomic mass is 9.81. The van der Waals surface area contributed by atoms with Crippen LogP contribution in [0.15, 0.2) is 24.3 Å². The Morgan fingerprint density at radius 3 is 2.11 bits per heavy atom. The van der Waals surface area contributed by atoms with Gasteiger partial charge in [-0.1, -0.05) is 52.0 Å². The van der Waals surface area contributed by atoms with E-state index in [4.69, 9.17) is 5.11 Å². The van der Waals surface area contributed by atoms with Crippen molar-refractivity contribution in [3.8, 4) is 0 Å². The van der Waals surface area contributed by atoms with Crippen molar-refractivity contribution in [3.63, 3.8) is 0 Å². The van der Waals surface area contributed by atoms with Gasteiger partial charge in [0, 0.05) is 11.0 Å². The molecule has 104 valence electrons. The Bertz CT molecular complexity index is 455. The summed E-state index contributed by atoms with van der Waals surface area (Å²) in [7, 11) is 0. The molecule has 0 bridgehead atoms. The molecule has 0 amide bonds. The lowest BCUT2D eigenvalue weighted by molar-refractivity contribution is -0.138. The van der Waals surface area contributed by atoms with E-state index < -0.39 is 11.4 Å². The number of rotatable bonds is 6. The summed E-state index contributed by atoms with van der Waals surface area (Å²) in [5.41, 5.74) is 0.909. The average molecular weight is 262 g/mol. The number of hydrogen-bond donors (Lipinski definition) is 1. The molecule has 1 aromatic carbocycles. The molecule has 0 aliphatic heterocycles. The number of carboxylic acid groups (broad SMARTS) is 1. The van der Waals surface area contributed by atoms with Crippen molar-refractivity contribution in [1.82, 2.24) is 0 Å². The van der Waals surface area contributed by atoms with Gasteiger partial charge in [0.15, 0.2) is 5.78 Å². The molecule has 1 aromatic rings. The van der Waals surface area contributed by atoms with E-state index in [9.17, 15) is 9.59 Å². The van der Waals surface area contributed by atoms with Crippen LogP contribution in [0.25, 0.3) is 0 Å². The molecule has 0 saturated heterocycles. The summed E-state index contributed by atoms with van der Waals surface area (Å²) < 4.78 is 0. The summed E-state index contributed by atoms with van der Waals surface area (Å²) in [5, 5.41) is 8.84. The van der Waals surface area contributed by atoms with Gasteiger partial charge in [-0.3, -0.25) is 9.59 Å². The van der Waals surface area contributed by atoms with Gasteiger partial charge in [-0.2, -0.15) is 0 Å². The SMILES string of the molecule is CC(C)Cc1ccc(C(=O)C(C)(C)CC(=O)O)cc1. The first kappa shape index (κ1) is 15.4. The van der Waals surface area contributed by atoms with Gasteiger partial charge in [-0.15, -0.1) is 0 Å². The second-order valence-electron chi connectivity index (χ2n) is 6.08. The van der Waals surface area contributed by atoms with E-state index in [1.54, 1.807) is 26.0 Å². The van der Waals surface area contributed by atoms with Crippen molar-refractivity contribution < 1.29 is 14.7 Å². The Hall–Kier alpha value is -1.64. The monoisotopic (exact) mass is 262 g/mol. The maximum atomic E-state index is 12.3. The van der Waals surface area contributed by atoms with Crippen molar-refractivity contribution in [3.05, 3.63) is 35.4 Å². The molecule has 0 aliphatic rings. The van der Waals surface area contributed by atoms with Crippen molar-refractivity contribution in [1.29, 1.82) is 0 Å². The topological polar surface area (TPSA) is 54.4 Å². The van der Waals surface area contributed by atoms with Crippen LogP contribution in [0.4, 0.5) is 0 Å². The highest BCUT2D eigenvalue weighted by Crippen LogP contribution is 2.26. The van der Waals surface area contributed by atoms with Crippen LogP contribution >= 0.6 is 0 Å². The summed E-state index contributed by atoms with van der Waals surface area (Å²) in [6.45, 7) is 7.64. The van der Waals surface area contributed by atoms with Crippen LogP contribution in [-0.4, -0.2) is 16.9 Å². The normalized spacial score (nSPS) is 11.6. The molecule has 3 heteroatoms. The lowest BCUT2D eigenvalue weighted by Gasteiger charge is -2.20. The first-order chi connectivity index (χ1) is 8.72. The standard InChI is InChI=1S/C16H22O3/c1-11(2)9-12-5-7-13(8-6-12)15(19)16(3,4)10-14(17)18/h5-8,11H,9-10H2,1-4H3,(H,17,18). The van der Waals surface area contributed by atoms with E-state index in [-0.39, 0.29) is 12.2 Å². The van der Waals surface area contributed by atoms with E-state index in [1.165, 1.54) is 5.56 Å². The van der Waals surface area contributed by atoms with Gasteiger partial charge >= 0.3 is 5.97 Å². The first-order valence-corrected chi connectivity index (χ1v) is 6.58. The summed E-state index contributed by atoms with van der Waals surface area (Å²) in [6.07, 6.45) is 0.826. The molecule has 0 aromatic heterocycles. The van der Waals surface area contributed by atoms with Gasteiger partial charge in [-0.05, 0) is 17.9 Å². The zero-order valence-corrected chi connectivity index (χ0v) is 12.1. The third-order valence-corrected chi connectivity index (χ3v) is 3.07. The van der Waals surface area contributed by atoms with Crippen LogP contribution in [-0.2, 0) is 11.2 Å². The van der Waals surface area contributed by atoms with Crippen LogP contribution in [0.1, 0.15) is 50.0 Å². The number of benzene rings is 1. The van der Waals surface area contributed by atoms with E-state index >= 15 is 0 Å². The maximum Gasteiger partial charge on any atom is 0.304 e. The maximum absolute atomic E-state index is 12.3. The Balaban J connectivity index is 2.86. The molecule has 0 spiro atoms. The smallest absolute Gasteiger partial charge is 0.304 e. The molecule has 0 saturated carbocycles. The van der Waals surface area contributed by atoms with Crippen molar-refractivity contribution in [2.24, 2.45) is 11.3 Å². The van der Waals surface area contributed by atoms with Gasteiger partial charge < -0.3 is 5.11 Å². The lowest BCUT2D eigenvalue weighted by Crippen LogP contribution is -2.27. The number of carboxylic acids is 1. The minimum atomic E-state index is -0.949. The van der Waals surface area contributed by atoms with Gasteiger partial charge in [0.2, 0.25) is 0 Å². The Kier molecular flexibility index (Phi) is 4.87. The van der Waals surface area contributed by atoms with Crippen molar-refractivity contribution in [2.75, 3.05) is 0 Å². The number of hydrogen-bond acceptors (Lipinski definition) is 2. The fraction of sp³-hybridized carbons (Fsp3) is 0.500. The van der Waals surface area contributed by atoms with Gasteiger partial charge in [0.1, 0.15) is 0 Å². The third-order valence-electron chi connectivity index (χ3n) is 3.07. The summed E-state index contributed by atoms with van der Waals surface area (Å²) in [5.74, 6) is -0.495. The molecule has 1 N–H and O–H groups in total. The fourth-order valence-electron chi connectivity index (χ4n) is 2.11. The Morgan fingerprint density at radius 2 is 1.68 bits per heavy atom. The fourth-order valence-corrected chi connectivity index (χ4v) is 2.11.